The number of hydrogen-bond donors (Lipinski definition) is 0. The van der Waals surface area contributed by atoms with Gasteiger partial charge in [0.25, 0.3) is 0 Å². The Morgan fingerprint density at radius 2 is 1.59 bits per heavy atom. The van der Waals surface area contributed by atoms with E-state index in [2.05, 4.69) is 37.8 Å². The molecule has 1 aliphatic rings. The molecule has 0 bridgehead atoms. The molecular formula is C30H29FO. The molecular weight excluding hydrogens is 395 g/mol. The highest BCUT2D eigenvalue weighted by molar-refractivity contribution is 5.77. The van der Waals surface area contributed by atoms with Crippen LogP contribution in [0.5, 0.6) is 0 Å². The summed E-state index contributed by atoms with van der Waals surface area (Å²) in [6.45, 7) is 5.90. The standard InChI is InChI=1S/C30H29FO/c1-3-5-7-22-8-11-24(12-9-22)25-13-15-26(16-14-25)28-19-17-27-20-23(6-4-2)10-18-29(27)30(28,31)21-32/h3,8-21,28H,1,4-7H2,2H3. The summed E-state index contributed by atoms with van der Waals surface area (Å²) in [5.74, 6) is -0.639. The number of carbonyl (C=O) groups is 1. The predicted octanol–water partition coefficient (Wildman–Crippen LogP) is 7.60. The highest BCUT2D eigenvalue weighted by Gasteiger charge is 2.43. The second kappa shape index (κ2) is 9.48. The molecule has 32 heavy (non-hydrogen) atoms. The van der Waals surface area contributed by atoms with Crippen LogP contribution in [0.1, 0.15) is 53.5 Å². The fourth-order valence-corrected chi connectivity index (χ4v) is 4.56. The van der Waals surface area contributed by atoms with Gasteiger partial charge in [0.15, 0.2) is 6.29 Å². The van der Waals surface area contributed by atoms with Gasteiger partial charge in [0.1, 0.15) is 0 Å². The number of hydrogen-bond acceptors (Lipinski definition) is 1. The number of allylic oxidation sites excluding steroid dienone is 2. The van der Waals surface area contributed by atoms with E-state index in [-0.39, 0.29) is 0 Å². The van der Waals surface area contributed by atoms with E-state index in [0.717, 1.165) is 47.9 Å². The van der Waals surface area contributed by atoms with E-state index in [1.165, 1.54) is 11.1 Å². The molecule has 0 aliphatic heterocycles. The summed E-state index contributed by atoms with van der Waals surface area (Å²) in [5.41, 5.74) is 4.63. The maximum atomic E-state index is 16.1. The van der Waals surface area contributed by atoms with Crippen LogP contribution in [0.4, 0.5) is 4.39 Å². The number of aryl methyl sites for hydroxylation is 2. The van der Waals surface area contributed by atoms with Crippen molar-refractivity contribution in [1.29, 1.82) is 0 Å². The third kappa shape index (κ3) is 4.23. The fourth-order valence-electron chi connectivity index (χ4n) is 4.56. The van der Waals surface area contributed by atoms with Gasteiger partial charge in [0.05, 0.1) is 0 Å². The number of benzene rings is 3. The van der Waals surface area contributed by atoms with E-state index < -0.39 is 11.6 Å². The molecule has 0 amide bonds. The van der Waals surface area contributed by atoms with Gasteiger partial charge in [0, 0.05) is 11.5 Å². The Hall–Kier alpha value is -3.26. The molecule has 0 spiro atoms. The molecule has 0 saturated heterocycles. The van der Waals surface area contributed by atoms with E-state index in [4.69, 9.17) is 0 Å². The van der Waals surface area contributed by atoms with Gasteiger partial charge in [-0.3, -0.25) is 4.79 Å². The summed E-state index contributed by atoms with van der Waals surface area (Å²) in [7, 11) is 0. The molecule has 2 unspecified atom stereocenters. The minimum atomic E-state index is -2.07. The molecule has 0 N–H and O–H groups in total. The molecule has 4 rings (SSSR count). The second-order valence-corrected chi connectivity index (χ2v) is 8.54. The van der Waals surface area contributed by atoms with Gasteiger partial charge >= 0.3 is 0 Å². The van der Waals surface area contributed by atoms with Crippen molar-refractivity contribution >= 4 is 12.4 Å². The minimum absolute atomic E-state index is 0.457. The zero-order valence-electron chi connectivity index (χ0n) is 18.6. The van der Waals surface area contributed by atoms with Gasteiger partial charge < -0.3 is 0 Å². The predicted molar refractivity (Wildman–Crippen MR) is 131 cm³/mol. The number of fused-ring (bicyclic) bond motifs is 1. The average molecular weight is 425 g/mol. The molecule has 0 saturated carbocycles. The quantitative estimate of drug-likeness (QED) is 0.269. The summed E-state index contributed by atoms with van der Waals surface area (Å²) < 4.78 is 16.1. The molecule has 162 valence electrons. The lowest BCUT2D eigenvalue weighted by Gasteiger charge is -2.32. The van der Waals surface area contributed by atoms with E-state index in [9.17, 15) is 4.79 Å². The van der Waals surface area contributed by atoms with Crippen molar-refractivity contribution in [2.24, 2.45) is 0 Å². The average Bonchev–Trinajstić information content (AvgIpc) is 2.83. The van der Waals surface area contributed by atoms with Gasteiger partial charge in [-0.2, -0.15) is 0 Å². The molecule has 2 heteroatoms. The zero-order chi connectivity index (χ0) is 22.6. The van der Waals surface area contributed by atoms with Gasteiger partial charge in [-0.05, 0) is 52.6 Å². The smallest absolute Gasteiger partial charge is 0.201 e. The van der Waals surface area contributed by atoms with Crippen molar-refractivity contribution in [1.82, 2.24) is 0 Å². The molecule has 0 heterocycles. The van der Waals surface area contributed by atoms with Crippen LogP contribution >= 0.6 is 0 Å². The van der Waals surface area contributed by atoms with Gasteiger partial charge in [-0.1, -0.05) is 98.3 Å². The van der Waals surface area contributed by atoms with Crippen molar-refractivity contribution in [3.63, 3.8) is 0 Å². The summed E-state index contributed by atoms with van der Waals surface area (Å²) in [6.07, 6.45) is 10.1. The van der Waals surface area contributed by atoms with E-state index in [0.29, 0.717) is 11.8 Å². The van der Waals surface area contributed by atoms with Gasteiger partial charge in [0.2, 0.25) is 5.67 Å². The van der Waals surface area contributed by atoms with Crippen molar-refractivity contribution in [3.8, 4) is 11.1 Å². The molecule has 0 fully saturated rings. The lowest BCUT2D eigenvalue weighted by Crippen LogP contribution is -2.32. The first-order valence-electron chi connectivity index (χ1n) is 11.4. The van der Waals surface area contributed by atoms with Crippen LogP contribution in [0, 0.1) is 0 Å². The van der Waals surface area contributed by atoms with E-state index >= 15 is 4.39 Å². The Labute approximate surface area is 190 Å². The Morgan fingerprint density at radius 1 is 0.938 bits per heavy atom. The van der Waals surface area contributed by atoms with Crippen molar-refractivity contribution < 1.29 is 9.18 Å². The van der Waals surface area contributed by atoms with Crippen molar-refractivity contribution in [3.05, 3.63) is 113 Å². The number of halogens is 1. The van der Waals surface area contributed by atoms with Crippen LogP contribution in [0.15, 0.2) is 85.5 Å². The number of rotatable bonds is 8. The Morgan fingerprint density at radius 3 is 2.22 bits per heavy atom. The third-order valence-electron chi connectivity index (χ3n) is 6.35. The zero-order valence-corrected chi connectivity index (χ0v) is 18.6. The Bertz CT molecular complexity index is 1120. The monoisotopic (exact) mass is 424 g/mol. The van der Waals surface area contributed by atoms with Crippen LogP contribution in [0.3, 0.4) is 0 Å². The molecule has 1 aliphatic carbocycles. The topological polar surface area (TPSA) is 17.1 Å². The summed E-state index contributed by atoms with van der Waals surface area (Å²) in [6, 6.07) is 22.1. The summed E-state index contributed by atoms with van der Waals surface area (Å²) in [5, 5.41) is 0. The first-order chi connectivity index (χ1) is 15.6. The largest absolute Gasteiger partial charge is 0.299 e. The van der Waals surface area contributed by atoms with Crippen LogP contribution < -0.4 is 0 Å². The Balaban J connectivity index is 1.60. The number of alkyl halides is 1. The van der Waals surface area contributed by atoms with Crippen molar-refractivity contribution in [2.45, 2.75) is 44.2 Å². The fraction of sp³-hybridized carbons (Fsp3) is 0.233. The van der Waals surface area contributed by atoms with Crippen LogP contribution in [-0.2, 0) is 23.3 Å². The first-order valence-corrected chi connectivity index (χ1v) is 11.4. The normalized spacial score (nSPS) is 19.4. The molecule has 0 aromatic heterocycles. The number of carbonyl (C=O) groups excluding carboxylic acids is 1. The van der Waals surface area contributed by atoms with Gasteiger partial charge in [-0.15, -0.1) is 6.58 Å². The van der Waals surface area contributed by atoms with Gasteiger partial charge in [-0.25, -0.2) is 4.39 Å². The maximum absolute atomic E-state index is 16.1. The van der Waals surface area contributed by atoms with Crippen LogP contribution in [0.25, 0.3) is 17.2 Å². The van der Waals surface area contributed by atoms with E-state index in [1.807, 2.05) is 54.6 Å². The van der Waals surface area contributed by atoms with Crippen LogP contribution in [-0.4, -0.2) is 6.29 Å². The Kier molecular flexibility index (Phi) is 6.50. The number of aldehydes is 1. The highest BCUT2D eigenvalue weighted by Crippen LogP contribution is 2.45. The van der Waals surface area contributed by atoms with Crippen LogP contribution in [0.2, 0.25) is 0 Å². The lowest BCUT2D eigenvalue weighted by molar-refractivity contribution is -0.119. The SMILES string of the molecule is C=CCCc1ccc(-c2ccc(C3C=Cc4cc(CCC)ccc4C3(F)C=O)cc2)cc1. The molecule has 3 aromatic rings. The second-order valence-electron chi connectivity index (χ2n) is 8.54. The highest BCUT2D eigenvalue weighted by atomic mass is 19.1. The summed E-state index contributed by atoms with van der Waals surface area (Å²) in [4.78, 5) is 12.0. The molecule has 2 atom stereocenters. The van der Waals surface area contributed by atoms with Crippen molar-refractivity contribution in [2.75, 3.05) is 0 Å². The lowest BCUT2D eigenvalue weighted by atomic mass is 9.74. The maximum Gasteiger partial charge on any atom is 0.201 e. The molecule has 1 nitrogen and oxygen atoms in total. The molecule has 3 aromatic carbocycles. The van der Waals surface area contributed by atoms with E-state index in [1.54, 1.807) is 6.07 Å². The molecule has 0 radical (unpaired) electrons. The summed E-state index contributed by atoms with van der Waals surface area (Å²) >= 11 is 0. The first kappa shape index (κ1) is 22.0. The minimum Gasteiger partial charge on any atom is -0.299 e. The third-order valence-corrected chi connectivity index (χ3v) is 6.35.